The van der Waals surface area contributed by atoms with Crippen molar-refractivity contribution in [3.05, 3.63) is 42.5 Å². The van der Waals surface area contributed by atoms with Crippen molar-refractivity contribution in [2.75, 3.05) is 5.32 Å². The number of carbonyl (C=O) groups excluding carboxylic acids is 1. The zero-order valence-corrected chi connectivity index (χ0v) is 9.36. The number of nitrogens with one attached hydrogen (secondary N) is 2. The molecule has 0 fully saturated rings. The molecule has 3 heteroatoms. The predicted octanol–water partition coefficient (Wildman–Crippen LogP) is 1.71. The minimum atomic E-state index is -0.153. The van der Waals surface area contributed by atoms with Gasteiger partial charge in [-0.3, -0.25) is 4.79 Å². The fourth-order valence-corrected chi connectivity index (χ4v) is 1.84. The average Bonchev–Trinajstić information content (AvgIpc) is 2.72. The Bertz CT molecular complexity index is 389. The molecule has 0 saturated heterocycles. The molecule has 1 unspecified atom stereocenters. The van der Waals surface area contributed by atoms with E-state index in [0.717, 1.165) is 12.1 Å². The van der Waals surface area contributed by atoms with Crippen molar-refractivity contribution in [2.24, 2.45) is 0 Å². The molecule has 1 amide bonds. The minimum absolute atomic E-state index is 0.0120. The lowest BCUT2D eigenvalue weighted by molar-refractivity contribution is -0.122. The molecule has 1 aliphatic heterocycles. The van der Waals surface area contributed by atoms with E-state index in [9.17, 15) is 4.79 Å². The molecular weight excluding hydrogens is 200 g/mol. The molecule has 84 valence electrons. The normalized spacial score (nSPS) is 19.4. The minimum Gasteiger partial charge on any atom is -0.373 e. The Kier molecular flexibility index (Phi) is 2.95. The Labute approximate surface area is 95.6 Å². The topological polar surface area (TPSA) is 41.1 Å². The van der Waals surface area contributed by atoms with E-state index in [1.54, 1.807) is 6.08 Å². The summed E-state index contributed by atoms with van der Waals surface area (Å²) >= 11 is 0. The molecular formula is C13H16N2O. The molecule has 2 atom stereocenters. The third-order valence-electron chi connectivity index (χ3n) is 2.81. The van der Waals surface area contributed by atoms with E-state index >= 15 is 0 Å². The van der Waals surface area contributed by atoms with E-state index in [-0.39, 0.29) is 18.0 Å². The van der Waals surface area contributed by atoms with Crippen LogP contribution in [0.4, 0.5) is 5.69 Å². The van der Waals surface area contributed by atoms with Gasteiger partial charge in [0.15, 0.2) is 0 Å². The summed E-state index contributed by atoms with van der Waals surface area (Å²) in [7, 11) is 0. The van der Waals surface area contributed by atoms with Gasteiger partial charge in [-0.15, -0.1) is 6.58 Å². The summed E-state index contributed by atoms with van der Waals surface area (Å²) in [6.07, 6.45) is 2.48. The van der Waals surface area contributed by atoms with Crippen molar-refractivity contribution in [3.63, 3.8) is 0 Å². The second kappa shape index (κ2) is 4.39. The van der Waals surface area contributed by atoms with Gasteiger partial charge in [0, 0.05) is 18.2 Å². The standard InChI is InChI=1S/C13H16N2O/c1-3-9(2)14-13(16)12-8-10-6-4-5-7-11(10)15-12/h3-7,9,12,15H,1,8H2,2H3,(H,14,16)/t9?,12-/m0/s1. The summed E-state index contributed by atoms with van der Waals surface area (Å²) in [5, 5.41) is 6.10. The van der Waals surface area contributed by atoms with Crippen molar-refractivity contribution in [3.8, 4) is 0 Å². The number of rotatable bonds is 3. The average molecular weight is 216 g/mol. The van der Waals surface area contributed by atoms with E-state index in [0.29, 0.717) is 0 Å². The summed E-state index contributed by atoms with van der Waals surface area (Å²) in [5.74, 6) is 0.0311. The molecule has 1 aromatic carbocycles. The number of fused-ring (bicyclic) bond motifs is 1. The Morgan fingerprint density at radius 3 is 3.06 bits per heavy atom. The first-order valence-electron chi connectivity index (χ1n) is 5.48. The predicted molar refractivity (Wildman–Crippen MR) is 65.4 cm³/mol. The van der Waals surface area contributed by atoms with Crippen molar-refractivity contribution in [1.82, 2.24) is 5.32 Å². The van der Waals surface area contributed by atoms with Gasteiger partial charge in [0.1, 0.15) is 6.04 Å². The molecule has 1 aliphatic rings. The molecule has 0 aromatic heterocycles. The molecule has 3 nitrogen and oxygen atoms in total. The molecule has 0 radical (unpaired) electrons. The third kappa shape index (κ3) is 2.08. The summed E-state index contributed by atoms with van der Waals surface area (Å²) in [6.45, 7) is 5.55. The highest BCUT2D eigenvalue weighted by Crippen LogP contribution is 2.25. The van der Waals surface area contributed by atoms with Crippen molar-refractivity contribution in [2.45, 2.75) is 25.4 Å². The first-order valence-corrected chi connectivity index (χ1v) is 5.48. The molecule has 0 aliphatic carbocycles. The number of carbonyl (C=O) groups is 1. The van der Waals surface area contributed by atoms with Gasteiger partial charge in [0.2, 0.25) is 5.91 Å². The first kappa shape index (κ1) is 10.7. The lowest BCUT2D eigenvalue weighted by Gasteiger charge is -2.14. The number of hydrogen-bond donors (Lipinski definition) is 2. The molecule has 2 rings (SSSR count). The van der Waals surface area contributed by atoms with Gasteiger partial charge in [-0.1, -0.05) is 24.3 Å². The van der Waals surface area contributed by atoms with Gasteiger partial charge in [0.25, 0.3) is 0 Å². The van der Waals surface area contributed by atoms with Crippen LogP contribution in [0.15, 0.2) is 36.9 Å². The molecule has 1 aromatic rings. The van der Waals surface area contributed by atoms with Crippen LogP contribution in [0.25, 0.3) is 0 Å². The summed E-state index contributed by atoms with van der Waals surface area (Å²) in [5.41, 5.74) is 2.27. The van der Waals surface area contributed by atoms with Crippen LogP contribution in [0.3, 0.4) is 0 Å². The number of hydrogen-bond acceptors (Lipinski definition) is 2. The Morgan fingerprint density at radius 1 is 1.62 bits per heavy atom. The monoisotopic (exact) mass is 216 g/mol. The molecule has 16 heavy (non-hydrogen) atoms. The van der Waals surface area contributed by atoms with Crippen LogP contribution in [-0.4, -0.2) is 18.0 Å². The Balaban J connectivity index is 2.01. The zero-order valence-electron chi connectivity index (χ0n) is 9.36. The fraction of sp³-hybridized carbons (Fsp3) is 0.308. The van der Waals surface area contributed by atoms with E-state index in [2.05, 4.69) is 17.2 Å². The van der Waals surface area contributed by atoms with Crippen LogP contribution in [-0.2, 0) is 11.2 Å². The fourth-order valence-electron chi connectivity index (χ4n) is 1.84. The van der Waals surface area contributed by atoms with Gasteiger partial charge in [0.05, 0.1) is 0 Å². The van der Waals surface area contributed by atoms with Gasteiger partial charge in [-0.25, -0.2) is 0 Å². The van der Waals surface area contributed by atoms with Crippen molar-refractivity contribution >= 4 is 11.6 Å². The molecule has 0 bridgehead atoms. The van der Waals surface area contributed by atoms with Crippen LogP contribution in [0.5, 0.6) is 0 Å². The molecule has 2 N–H and O–H groups in total. The quantitative estimate of drug-likeness (QED) is 0.755. The zero-order chi connectivity index (χ0) is 11.5. The highest BCUT2D eigenvalue weighted by molar-refractivity contribution is 5.87. The summed E-state index contributed by atoms with van der Waals surface area (Å²) in [6, 6.07) is 7.87. The molecule has 0 saturated carbocycles. The maximum absolute atomic E-state index is 11.9. The van der Waals surface area contributed by atoms with Gasteiger partial charge >= 0.3 is 0 Å². The Morgan fingerprint density at radius 2 is 2.38 bits per heavy atom. The van der Waals surface area contributed by atoms with E-state index < -0.39 is 0 Å². The van der Waals surface area contributed by atoms with Gasteiger partial charge < -0.3 is 10.6 Å². The van der Waals surface area contributed by atoms with E-state index in [1.165, 1.54) is 5.56 Å². The highest BCUT2D eigenvalue weighted by atomic mass is 16.2. The first-order chi connectivity index (χ1) is 7.70. The number of para-hydroxylation sites is 1. The number of amides is 1. The number of anilines is 1. The third-order valence-corrected chi connectivity index (χ3v) is 2.81. The van der Waals surface area contributed by atoms with Crippen LogP contribution < -0.4 is 10.6 Å². The molecule has 0 spiro atoms. The SMILES string of the molecule is C=CC(C)NC(=O)[C@@H]1Cc2ccccc2N1. The Hall–Kier alpha value is -1.77. The summed E-state index contributed by atoms with van der Waals surface area (Å²) < 4.78 is 0. The van der Waals surface area contributed by atoms with Crippen LogP contribution in [0, 0.1) is 0 Å². The van der Waals surface area contributed by atoms with Crippen molar-refractivity contribution in [1.29, 1.82) is 0 Å². The van der Waals surface area contributed by atoms with Crippen LogP contribution >= 0.6 is 0 Å². The summed E-state index contributed by atoms with van der Waals surface area (Å²) in [4.78, 5) is 11.9. The van der Waals surface area contributed by atoms with Gasteiger partial charge in [-0.2, -0.15) is 0 Å². The van der Waals surface area contributed by atoms with Gasteiger partial charge in [-0.05, 0) is 18.6 Å². The lowest BCUT2D eigenvalue weighted by atomic mass is 10.1. The second-order valence-electron chi connectivity index (χ2n) is 4.09. The van der Waals surface area contributed by atoms with E-state index in [1.807, 2.05) is 31.2 Å². The van der Waals surface area contributed by atoms with Crippen LogP contribution in [0.2, 0.25) is 0 Å². The lowest BCUT2D eigenvalue weighted by Crippen LogP contribution is -2.42. The maximum Gasteiger partial charge on any atom is 0.243 e. The number of benzene rings is 1. The smallest absolute Gasteiger partial charge is 0.243 e. The van der Waals surface area contributed by atoms with Crippen molar-refractivity contribution < 1.29 is 4.79 Å². The largest absolute Gasteiger partial charge is 0.373 e. The second-order valence-corrected chi connectivity index (χ2v) is 4.09. The highest BCUT2D eigenvalue weighted by Gasteiger charge is 2.26. The van der Waals surface area contributed by atoms with E-state index in [4.69, 9.17) is 0 Å². The maximum atomic E-state index is 11.9. The van der Waals surface area contributed by atoms with Crippen LogP contribution in [0.1, 0.15) is 12.5 Å². The molecule has 1 heterocycles.